The van der Waals surface area contributed by atoms with Crippen molar-refractivity contribution in [3.8, 4) is 11.5 Å². The molecule has 3 aromatic carbocycles. The molecule has 1 N–H and O–H groups in total. The number of carbonyl (C=O) groups is 2. The van der Waals surface area contributed by atoms with Crippen LogP contribution in [0.3, 0.4) is 0 Å². The molecule has 0 aliphatic rings. The number of fused-ring (bicyclic) bond motifs is 1. The molecule has 36 heavy (non-hydrogen) atoms. The molecule has 4 rings (SSSR count). The quantitative estimate of drug-likeness (QED) is 0.214. The molecule has 0 radical (unpaired) electrons. The van der Waals surface area contributed by atoms with Crippen molar-refractivity contribution in [2.24, 2.45) is 0 Å². The minimum absolute atomic E-state index is 0.155. The van der Waals surface area contributed by atoms with Crippen LogP contribution in [0.2, 0.25) is 0 Å². The van der Waals surface area contributed by atoms with Gasteiger partial charge in [0, 0.05) is 22.9 Å². The summed E-state index contributed by atoms with van der Waals surface area (Å²) >= 11 is 0. The minimum atomic E-state index is -0.948. The molecule has 1 heterocycles. The van der Waals surface area contributed by atoms with Crippen molar-refractivity contribution in [3.05, 3.63) is 89.4 Å². The Kier molecular flexibility index (Phi) is 7.95. The lowest BCUT2D eigenvalue weighted by Gasteiger charge is -2.13. The van der Waals surface area contributed by atoms with Crippen LogP contribution in [-0.4, -0.2) is 39.9 Å². The molecule has 0 amide bonds. The van der Waals surface area contributed by atoms with Crippen LogP contribution in [0, 0.1) is 5.82 Å². The maximum absolute atomic E-state index is 13.2. The molecule has 0 fully saturated rings. The number of ketones is 1. The second-order valence-corrected chi connectivity index (χ2v) is 8.38. The van der Waals surface area contributed by atoms with E-state index in [2.05, 4.69) is 12.0 Å². The zero-order valence-electron chi connectivity index (χ0n) is 19.9. The van der Waals surface area contributed by atoms with Crippen molar-refractivity contribution < 1.29 is 28.6 Å². The number of carbonyl (C=O) groups excluding carboxylic acids is 1. The molecule has 7 nitrogen and oxygen atoms in total. The molecule has 0 atom stereocenters. The first kappa shape index (κ1) is 24.9. The summed E-state index contributed by atoms with van der Waals surface area (Å²) in [6.45, 7) is 2.76. The second kappa shape index (κ2) is 11.5. The van der Waals surface area contributed by atoms with E-state index < -0.39 is 5.97 Å². The van der Waals surface area contributed by atoms with Crippen molar-refractivity contribution in [1.29, 1.82) is 0 Å². The monoisotopic (exact) mass is 490 g/mol. The van der Waals surface area contributed by atoms with Crippen molar-refractivity contribution in [2.75, 3.05) is 13.2 Å². The SMILES string of the molecule is CCCc1cc(C(=O)c2ccc(F)cc2)ccc1OCCCOc1ccc2c(cnn2CC(=O)O)c1. The van der Waals surface area contributed by atoms with Gasteiger partial charge in [0.05, 0.1) is 24.9 Å². The summed E-state index contributed by atoms with van der Waals surface area (Å²) in [6.07, 6.45) is 3.94. The number of hydrogen-bond acceptors (Lipinski definition) is 5. The molecule has 0 bridgehead atoms. The van der Waals surface area contributed by atoms with Gasteiger partial charge in [0.25, 0.3) is 0 Å². The van der Waals surface area contributed by atoms with Gasteiger partial charge in [-0.1, -0.05) is 13.3 Å². The molecule has 8 heteroatoms. The lowest BCUT2D eigenvalue weighted by Crippen LogP contribution is -2.09. The summed E-state index contributed by atoms with van der Waals surface area (Å²) in [5.74, 6) is -0.0693. The Balaban J connectivity index is 1.32. The van der Waals surface area contributed by atoms with E-state index in [0.717, 1.165) is 35.1 Å². The highest BCUT2D eigenvalue weighted by Gasteiger charge is 2.13. The fourth-order valence-electron chi connectivity index (χ4n) is 3.93. The summed E-state index contributed by atoms with van der Waals surface area (Å²) < 4.78 is 26.4. The number of rotatable bonds is 12. The highest BCUT2D eigenvalue weighted by atomic mass is 19.1. The average Bonchev–Trinajstić information content (AvgIpc) is 3.26. The minimum Gasteiger partial charge on any atom is -0.493 e. The summed E-state index contributed by atoms with van der Waals surface area (Å²) in [6, 6.07) is 16.3. The van der Waals surface area contributed by atoms with E-state index in [4.69, 9.17) is 14.6 Å². The smallest absolute Gasteiger partial charge is 0.325 e. The Hall–Kier alpha value is -4.20. The van der Waals surface area contributed by atoms with Gasteiger partial charge < -0.3 is 14.6 Å². The maximum atomic E-state index is 13.2. The van der Waals surface area contributed by atoms with Gasteiger partial charge in [-0.15, -0.1) is 0 Å². The largest absolute Gasteiger partial charge is 0.493 e. The van der Waals surface area contributed by atoms with Gasteiger partial charge in [0.2, 0.25) is 0 Å². The number of aliphatic carboxylic acids is 1. The van der Waals surface area contributed by atoms with Crippen molar-refractivity contribution in [3.63, 3.8) is 0 Å². The van der Waals surface area contributed by atoms with E-state index in [1.807, 2.05) is 18.2 Å². The number of carboxylic acids is 1. The van der Waals surface area contributed by atoms with Crippen LogP contribution in [0.15, 0.2) is 66.9 Å². The van der Waals surface area contributed by atoms with Crippen molar-refractivity contribution >= 4 is 22.7 Å². The summed E-state index contributed by atoms with van der Waals surface area (Å²) in [7, 11) is 0. The van der Waals surface area contributed by atoms with E-state index in [1.165, 1.54) is 28.9 Å². The first-order valence-electron chi connectivity index (χ1n) is 11.8. The van der Waals surface area contributed by atoms with Crippen LogP contribution >= 0.6 is 0 Å². The number of aryl methyl sites for hydroxylation is 1. The third-order valence-corrected chi connectivity index (χ3v) is 5.66. The molecular weight excluding hydrogens is 463 g/mol. The molecule has 0 spiro atoms. The first-order chi connectivity index (χ1) is 17.4. The van der Waals surface area contributed by atoms with E-state index in [9.17, 15) is 14.0 Å². The van der Waals surface area contributed by atoms with Gasteiger partial charge >= 0.3 is 5.97 Å². The fraction of sp³-hybridized carbons (Fsp3) is 0.250. The molecule has 0 aliphatic carbocycles. The Bertz CT molecular complexity index is 1360. The zero-order chi connectivity index (χ0) is 25.5. The molecule has 186 valence electrons. The van der Waals surface area contributed by atoms with Gasteiger partial charge in [-0.25, -0.2) is 4.39 Å². The molecule has 4 aromatic rings. The number of carboxylic acid groups (broad SMARTS) is 1. The molecule has 0 saturated heterocycles. The standard InChI is InChI=1S/C28H27FN2O5/c1-2-4-20-15-21(28(34)19-5-8-23(29)9-6-19)7-12-26(20)36-14-3-13-35-24-10-11-25-22(16-24)17-30-31(25)18-27(32)33/h5-12,15-17H,2-4,13-14,18H2,1H3,(H,32,33). The number of halogens is 1. The van der Waals surface area contributed by atoms with Crippen LogP contribution in [0.5, 0.6) is 11.5 Å². The zero-order valence-corrected chi connectivity index (χ0v) is 19.9. The first-order valence-corrected chi connectivity index (χ1v) is 11.8. The Morgan fingerprint density at radius 2 is 1.72 bits per heavy atom. The third kappa shape index (κ3) is 6.07. The molecule has 0 aliphatic heterocycles. The number of hydrogen-bond donors (Lipinski definition) is 1. The lowest BCUT2D eigenvalue weighted by atomic mass is 9.99. The number of nitrogens with zero attached hydrogens (tertiary/aromatic N) is 2. The van der Waals surface area contributed by atoms with Crippen LogP contribution < -0.4 is 9.47 Å². The van der Waals surface area contributed by atoms with Crippen LogP contribution in [0.4, 0.5) is 4.39 Å². The van der Waals surface area contributed by atoms with Gasteiger partial charge in [-0.3, -0.25) is 14.3 Å². The molecule has 0 saturated carbocycles. The van der Waals surface area contributed by atoms with E-state index in [-0.39, 0.29) is 18.1 Å². The van der Waals surface area contributed by atoms with Gasteiger partial charge in [-0.2, -0.15) is 5.10 Å². The highest BCUT2D eigenvalue weighted by Crippen LogP contribution is 2.24. The Labute approximate surface area is 208 Å². The molecule has 0 unspecified atom stereocenters. The van der Waals surface area contributed by atoms with Crippen LogP contribution in [-0.2, 0) is 17.8 Å². The van der Waals surface area contributed by atoms with Gasteiger partial charge in [-0.05, 0) is 72.6 Å². The van der Waals surface area contributed by atoms with Gasteiger partial charge in [0.15, 0.2) is 5.78 Å². The summed E-state index contributed by atoms with van der Waals surface area (Å²) in [5, 5.41) is 13.9. The summed E-state index contributed by atoms with van der Waals surface area (Å²) in [4.78, 5) is 23.7. The van der Waals surface area contributed by atoms with Crippen molar-refractivity contribution in [2.45, 2.75) is 32.7 Å². The number of benzene rings is 3. The molecular formula is C28H27FN2O5. The third-order valence-electron chi connectivity index (χ3n) is 5.66. The van der Waals surface area contributed by atoms with E-state index in [1.54, 1.807) is 24.4 Å². The highest BCUT2D eigenvalue weighted by molar-refractivity contribution is 6.09. The predicted molar refractivity (Wildman–Crippen MR) is 133 cm³/mol. The Morgan fingerprint density at radius 1 is 0.972 bits per heavy atom. The Morgan fingerprint density at radius 3 is 2.47 bits per heavy atom. The van der Waals surface area contributed by atoms with E-state index >= 15 is 0 Å². The fourth-order valence-corrected chi connectivity index (χ4v) is 3.93. The van der Waals surface area contributed by atoms with Crippen LogP contribution in [0.1, 0.15) is 41.3 Å². The molecule has 1 aromatic heterocycles. The van der Waals surface area contributed by atoms with E-state index in [0.29, 0.717) is 36.5 Å². The average molecular weight is 491 g/mol. The van der Waals surface area contributed by atoms with Crippen LogP contribution in [0.25, 0.3) is 10.9 Å². The maximum Gasteiger partial charge on any atom is 0.325 e. The van der Waals surface area contributed by atoms with Gasteiger partial charge in [0.1, 0.15) is 23.9 Å². The lowest BCUT2D eigenvalue weighted by molar-refractivity contribution is -0.137. The number of ether oxygens (including phenoxy) is 2. The second-order valence-electron chi connectivity index (χ2n) is 8.38. The predicted octanol–water partition coefficient (Wildman–Crippen LogP) is 5.29. The topological polar surface area (TPSA) is 90.7 Å². The summed E-state index contributed by atoms with van der Waals surface area (Å²) in [5.41, 5.74) is 2.67. The number of aromatic nitrogens is 2. The van der Waals surface area contributed by atoms with Crippen molar-refractivity contribution in [1.82, 2.24) is 9.78 Å². The normalized spacial score (nSPS) is 10.9.